The summed E-state index contributed by atoms with van der Waals surface area (Å²) in [5.74, 6) is -0.605. The molecule has 32 heavy (non-hydrogen) atoms. The van der Waals surface area contributed by atoms with Crippen molar-refractivity contribution < 1.29 is 27.4 Å². The first-order valence-corrected chi connectivity index (χ1v) is 11.3. The van der Waals surface area contributed by atoms with Gasteiger partial charge in [-0.1, -0.05) is 30.3 Å². The van der Waals surface area contributed by atoms with E-state index in [-0.39, 0.29) is 22.3 Å². The summed E-state index contributed by atoms with van der Waals surface area (Å²) in [6.07, 6.45) is -2.51. The smallest absolute Gasteiger partial charge is 0.416 e. The molecule has 1 N–H and O–H groups in total. The maximum absolute atomic E-state index is 13.6. The summed E-state index contributed by atoms with van der Waals surface area (Å²) in [6, 6.07) is 11.4. The van der Waals surface area contributed by atoms with E-state index in [9.17, 15) is 18.0 Å². The van der Waals surface area contributed by atoms with E-state index in [1.54, 1.807) is 13.4 Å². The van der Waals surface area contributed by atoms with Gasteiger partial charge in [-0.2, -0.15) is 13.2 Å². The summed E-state index contributed by atoms with van der Waals surface area (Å²) in [5.41, 5.74) is -0.649. The standard InChI is InChI=1S/C23H27F3N2O3S/c1-28-13-17(30-2)12-22(14-28,15-8-6-5-7-9-15)27-21(29)20-18(31-3)10-16(23(24,25)26)11-19(20)32-4/h5-11,17H,12-14H2,1-4H3,(H,27,29)/t17-,22-/m0/s1. The molecule has 174 valence electrons. The molecule has 0 bridgehead atoms. The lowest BCUT2D eigenvalue weighted by atomic mass is 9.80. The van der Waals surface area contributed by atoms with Crippen molar-refractivity contribution in [1.29, 1.82) is 0 Å². The molecule has 2 aromatic rings. The van der Waals surface area contributed by atoms with Crippen LogP contribution in [0.15, 0.2) is 47.4 Å². The minimum Gasteiger partial charge on any atom is -0.496 e. The van der Waals surface area contributed by atoms with E-state index in [1.807, 2.05) is 37.4 Å². The highest BCUT2D eigenvalue weighted by molar-refractivity contribution is 7.98. The van der Waals surface area contributed by atoms with Gasteiger partial charge in [0.25, 0.3) is 5.91 Å². The molecule has 1 amide bonds. The number of alkyl halides is 3. The second kappa shape index (κ2) is 9.72. The van der Waals surface area contributed by atoms with Gasteiger partial charge in [-0.15, -0.1) is 11.8 Å². The van der Waals surface area contributed by atoms with E-state index in [4.69, 9.17) is 9.47 Å². The zero-order valence-corrected chi connectivity index (χ0v) is 19.3. The van der Waals surface area contributed by atoms with E-state index in [2.05, 4.69) is 10.2 Å². The van der Waals surface area contributed by atoms with Crippen molar-refractivity contribution in [3.63, 3.8) is 0 Å². The van der Waals surface area contributed by atoms with Crippen LogP contribution in [0.25, 0.3) is 0 Å². The Labute approximate surface area is 190 Å². The summed E-state index contributed by atoms with van der Waals surface area (Å²) >= 11 is 1.07. The molecule has 0 spiro atoms. The van der Waals surface area contributed by atoms with Crippen LogP contribution < -0.4 is 10.1 Å². The van der Waals surface area contributed by atoms with Crippen LogP contribution in [0.2, 0.25) is 0 Å². The maximum atomic E-state index is 13.6. The summed E-state index contributed by atoms with van der Waals surface area (Å²) in [6.45, 7) is 1.24. The average molecular weight is 469 g/mol. The molecule has 0 saturated carbocycles. The van der Waals surface area contributed by atoms with Crippen molar-refractivity contribution >= 4 is 17.7 Å². The van der Waals surface area contributed by atoms with Gasteiger partial charge in [0.15, 0.2) is 0 Å². The van der Waals surface area contributed by atoms with Crippen LogP contribution in [0, 0.1) is 0 Å². The summed E-state index contributed by atoms with van der Waals surface area (Å²) < 4.78 is 50.9. The number of hydrogen-bond acceptors (Lipinski definition) is 5. The summed E-state index contributed by atoms with van der Waals surface area (Å²) in [5, 5.41) is 3.13. The molecule has 1 fully saturated rings. The fraction of sp³-hybridized carbons (Fsp3) is 0.435. The first-order valence-electron chi connectivity index (χ1n) is 10.1. The van der Waals surface area contributed by atoms with Gasteiger partial charge >= 0.3 is 6.18 Å². The monoisotopic (exact) mass is 468 g/mol. The highest BCUT2D eigenvalue weighted by Crippen LogP contribution is 2.39. The number of hydrogen-bond donors (Lipinski definition) is 1. The third-order valence-electron chi connectivity index (χ3n) is 5.70. The van der Waals surface area contributed by atoms with Gasteiger partial charge in [0.05, 0.1) is 29.9 Å². The molecule has 5 nitrogen and oxygen atoms in total. The quantitative estimate of drug-likeness (QED) is 0.637. The van der Waals surface area contributed by atoms with Crippen molar-refractivity contribution in [3.05, 3.63) is 59.2 Å². The second-order valence-corrected chi connectivity index (χ2v) is 8.76. The predicted octanol–water partition coefficient (Wildman–Crippen LogP) is 4.41. The van der Waals surface area contributed by atoms with Crippen molar-refractivity contribution in [2.75, 3.05) is 40.6 Å². The number of piperidine rings is 1. The summed E-state index contributed by atoms with van der Waals surface area (Å²) in [4.78, 5) is 15.8. The lowest BCUT2D eigenvalue weighted by molar-refractivity contribution is -0.137. The van der Waals surface area contributed by atoms with Crippen LogP contribution >= 0.6 is 11.8 Å². The van der Waals surface area contributed by atoms with Crippen molar-refractivity contribution in [2.24, 2.45) is 0 Å². The molecule has 1 aliphatic rings. The number of nitrogens with zero attached hydrogens (tertiary/aromatic N) is 1. The lowest BCUT2D eigenvalue weighted by Gasteiger charge is -2.45. The number of amides is 1. The zero-order valence-electron chi connectivity index (χ0n) is 18.5. The topological polar surface area (TPSA) is 50.8 Å². The molecule has 0 aromatic heterocycles. The maximum Gasteiger partial charge on any atom is 0.416 e. The minimum atomic E-state index is -4.55. The van der Waals surface area contributed by atoms with Crippen molar-refractivity contribution in [1.82, 2.24) is 10.2 Å². The molecule has 0 unspecified atom stereocenters. The molecule has 3 rings (SSSR count). The number of thioether (sulfide) groups is 1. The van der Waals surface area contributed by atoms with Gasteiger partial charge in [0.2, 0.25) is 0 Å². The van der Waals surface area contributed by atoms with Crippen LogP contribution in [0.4, 0.5) is 13.2 Å². The second-order valence-electron chi connectivity index (χ2n) is 7.91. The molecule has 2 atom stereocenters. The number of likely N-dealkylation sites (tertiary alicyclic amines) is 1. The van der Waals surface area contributed by atoms with Crippen LogP contribution in [-0.4, -0.2) is 57.5 Å². The third kappa shape index (κ3) is 5.05. The van der Waals surface area contributed by atoms with E-state index in [0.29, 0.717) is 19.5 Å². The number of halogens is 3. The minimum absolute atomic E-state index is 0.0884. The van der Waals surface area contributed by atoms with Gasteiger partial charge < -0.3 is 19.7 Å². The molecule has 0 radical (unpaired) electrons. The van der Waals surface area contributed by atoms with Crippen molar-refractivity contribution in [2.45, 2.75) is 29.1 Å². The first kappa shape index (κ1) is 24.4. The zero-order chi connectivity index (χ0) is 23.5. The van der Waals surface area contributed by atoms with E-state index < -0.39 is 23.2 Å². The number of methoxy groups -OCH3 is 2. The van der Waals surface area contributed by atoms with Gasteiger partial charge in [-0.25, -0.2) is 0 Å². The molecule has 0 aliphatic carbocycles. The Morgan fingerprint density at radius 1 is 1.22 bits per heavy atom. The van der Waals surface area contributed by atoms with E-state index >= 15 is 0 Å². The Morgan fingerprint density at radius 3 is 2.47 bits per heavy atom. The fourth-order valence-corrected chi connectivity index (χ4v) is 4.90. The number of rotatable bonds is 6. The molecule has 1 heterocycles. The molecule has 1 saturated heterocycles. The van der Waals surface area contributed by atoms with E-state index in [0.717, 1.165) is 29.5 Å². The number of benzene rings is 2. The van der Waals surface area contributed by atoms with Crippen molar-refractivity contribution in [3.8, 4) is 5.75 Å². The Bertz CT molecular complexity index is 930. The normalized spacial score (nSPS) is 21.9. The number of carbonyl (C=O) groups is 1. The van der Waals surface area contributed by atoms with Gasteiger partial charge in [0, 0.05) is 31.5 Å². The highest BCUT2D eigenvalue weighted by atomic mass is 32.2. The van der Waals surface area contributed by atoms with Gasteiger partial charge in [-0.3, -0.25) is 4.79 Å². The highest BCUT2D eigenvalue weighted by Gasteiger charge is 2.42. The Hall–Kier alpha value is -2.23. The SMILES string of the molecule is COc1cc(C(F)(F)F)cc(SC)c1C(=O)N[C@@]1(c2ccccc2)C[C@H](OC)CN(C)C1. The molecular formula is C23H27F3N2O3S. The van der Waals surface area contributed by atoms with Gasteiger partial charge in [-0.05, 0) is 31.0 Å². The Balaban J connectivity index is 2.07. The number of nitrogens with one attached hydrogen (secondary N) is 1. The fourth-order valence-electron chi connectivity index (χ4n) is 4.26. The number of ether oxygens (including phenoxy) is 2. The average Bonchev–Trinajstić information content (AvgIpc) is 2.77. The molecule has 9 heteroatoms. The lowest BCUT2D eigenvalue weighted by Crippen LogP contribution is -2.59. The van der Waals surface area contributed by atoms with Crippen LogP contribution in [0.3, 0.4) is 0 Å². The van der Waals surface area contributed by atoms with Crippen LogP contribution in [0.1, 0.15) is 27.9 Å². The first-order chi connectivity index (χ1) is 15.1. The number of likely N-dealkylation sites (N-methyl/N-ethyl adjacent to an activating group) is 1. The predicted molar refractivity (Wildman–Crippen MR) is 118 cm³/mol. The molecule has 1 aliphatic heterocycles. The Kier molecular flexibility index (Phi) is 7.42. The third-order valence-corrected chi connectivity index (χ3v) is 6.47. The Morgan fingerprint density at radius 2 is 1.91 bits per heavy atom. The summed E-state index contributed by atoms with van der Waals surface area (Å²) in [7, 11) is 4.84. The molecular weight excluding hydrogens is 441 g/mol. The van der Waals surface area contributed by atoms with Crippen LogP contribution in [0.5, 0.6) is 5.75 Å². The van der Waals surface area contributed by atoms with Crippen LogP contribution in [-0.2, 0) is 16.5 Å². The largest absolute Gasteiger partial charge is 0.496 e. The van der Waals surface area contributed by atoms with Gasteiger partial charge in [0.1, 0.15) is 5.75 Å². The number of carbonyl (C=O) groups excluding carboxylic acids is 1. The van der Waals surface area contributed by atoms with E-state index in [1.165, 1.54) is 7.11 Å². The molecule has 2 aromatic carbocycles.